The van der Waals surface area contributed by atoms with Gasteiger partial charge in [0.15, 0.2) is 5.82 Å². The van der Waals surface area contributed by atoms with E-state index < -0.39 is 0 Å². The third kappa shape index (κ3) is 4.15. The molecule has 25 heavy (non-hydrogen) atoms. The second kappa shape index (κ2) is 6.93. The Balaban J connectivity index is 1.58. The zero-order valence-electron chi connectivity index (χ0n) is 14.7. The SMILES string of the molecule is CC(C)(C)c1nc(CCNC(=O)c2cccc(-n3cccc3)c2)no1. The number of carbonyl (C=O) groups is 1. The van der Waals surface area contributed by atoms with Crippen LogP contribution >= 0.6 is 0 Å². The number of rotatable bonds is 5. The number of hydrogen-bond donors (Lipinski definition) is 1. The topological polar surface area (TPSA) is 73.0 Å². The van der Waals surface area contributed by atoms with Crippen molar-refractivity contribution >= 4 is 5.91 Å². The Bertz CT molecular complexity index is 844. The van der Waals surface area contributed by atoms with E-state index in [0.29, 0.717) is 30.2 Å². The molecule has 1 amide bonds. The van der Waals surface area contributed by atoms with Crippen molar-refractivity contribution in [3.05, 3.63) is 66.1 Å². The van der Waals surface area contributed by atoms with Gasteiger partial charge in [-0.2, -0.15) is 4.98 Å². The van der Waals surface area contributed by atoms with Gasteiger partial charge >= 0.3 is 0 Å². The van der Waals surface area contributed by atoms with Crippen LogP contribution in [0.3, 0.4) is 0 Å². The van der Waals surface area contributed by atoms with E-state index >= 15 is 0 Å². The molecule has 0 radical (unpaired) electrons. The number of aromatic nitrogens is 3. The second-order valence-electron chi connectivity index (χ2n) is 6.91. The molecule has 0 aliphatic carbocycles. The van der Waals surface area contributed by atoms with Gasteiger partial charge in [-0.1, -0.05) is 32.0 Å². The van der Waals surface area contributed by atoms with Crippen molar-refractivity contribution in [3.63, 3.8) is 0 Å². The summed E-state index contributed by atoms with van der Waals surface area (Å²) in [5.41, 5.74) is 1.40. The van der Waals surface area contributed by atoms with Crippen LogP contribution < -0.4 is 5.32 Å². The number of nitrogens with one attached hydrogen (secondary N) is 1. The molecule has 2 aromatic heterocycles. The molecule has 0 saturated carbocycles. The molecule has 0 spiro atoms. The van der Waals surface area contributed by atoms with Crippen LogP contribution in [0.25, 0.3) is 5.69 Å². The lowest BCUT2D eigenvalue weighted by Gasteiger charge is -2.10. The highest BCUT2D eigenvalue weighted by molar-refractivity contribution is 5.94. The summed E-state index contributed by atoms with van der Waals surface area (Å²) in [6.45, 7) is 6.51. The summed E-state index contributed by atoms with van der Waals surface area (Å²) in [5.74, 6) is 1.09. The Morgan fingerprint density at radius 2 is 1.96 bits per heavy atom. The van der Waals surface area contributed by atoms with E-state index in [9.17, 15) is 4.79 Å². The maximum atomic E-state index is 12.3. The smallest absolute Gasteiger partial charge is 0.251 e. The number of carbonyl (C=O) groups excluding carboxylic acids is 1. The Labute approximate surface area is 146 Å². The third-order valence-corrected chi connectivity index (χ3v) is 3.75. The van der Waals surface area contributed by atoms with E-state index in [0.717, 1.165) is 5.69 Å². The van der Waals surface area contributed by atoms with Gasteiger partial charge in [0.05, 0.1) is 0 Å². The fourth-order valence-electron chi connectivity index (χ4n) is 2.36. The van der Waals surface area contributed by atoms with E-state index in [1.807, 2.05) is 68.1 Å². The van der Waals surface area contributed by atoms with Crippen LogP contribution in [-0.4, -0.2) is 27.2 Å². The molecule has 3 aromatic rings. The van der Waals surface area contributed by atoms with Gasteiger partial charge < -0.3 is 14.4 Å². The summed E-state index contributed by atoms with van der Waals surface area (Å²) in [6, 6.07) is 11.4. The monoisotopic (exact) mass is 338 g/mol. The standard InChI is InChI=1S/C19H22N4O2/c1-19(2,3)18-21-16(22-25-18)9-10-20-17(24)14-7-6-8-15(13-14)23-11-4-5-12-23/h4-8,11-13H,9-10H2,1-3H3,(H,20,24). The van der Waals surface area contributed by atoms with Crippen LogP contribution in [0.2, 0.25) is 0 Å². The van der Waals surface area contributed by atoms with E-state index in [1.165, 1.54) is 0 Å². The van der Waals surface area contributed by atoms with Gasteiger partial charge in [0, 0.05) is 42.0 Å². The molecule has 2 heterocycles. The highest BCUT2D eigenvalue weighted by Gasteiger charge is 2.21. The molecule has 0 fully saturated rings. The van der Waals surface area contributed by atoms with Crippen molar-refractivity contribution in [2.24, 2.45) is 0 Å². The van der Waals surface area contributed by atoms with Crippen LogP contribution in [0.15, 0.2) is 53.3 Å². The zero-order chi connectivity index (χ0) is 17.9. The van der Waals surface area contributed by atoms with Gasteiger partial charge in [0.2, 0.25) is 5.89 Å². The number of benzene rings is 1. The lowest BCUT2D eigenvalue weighted by molar-refractivity contribution is 0.0954. The highest BCUT2D eigenvalue weighted by atomic mass is 16.5. The Morgan fingerprint density at radius 1 is 1.20 bits per heavy atom. The molecule has 130 valence electrons. The Morgan fingerprint density at radius 3 is 2.64 bits per heavy atom. The van der Waals surface area contributed by atoms with Crippen molar-refractivity contribution in [1.82, 2.24) is 20.0 Å². The molecular weight excluding hydrogens is 316 g/mol. The van der Waals surface area contributed by atoms with Gasteiger partial charge in [-0.15, -0.1) is 0 Å². The summed E-state index contributed by atoms with van der Waals surface area (Å²) in [6.07, 6.45) is 4.42. The molecule has 0 aliphatic heterocycles. The summed E-state index contributed by atoms with van der Waals surface area (Å²) >= 11 is 0. The molecule has 0 atom stereocenters. The largest absolute Gasteiger partial charge is 0.352 e. The van der Waals surface area contributed by atoms with Crippen molar-refractivity contribution in [1.29, 1.82) is 0 Å². The molecule has 1 aromatic carbocycles. The minimum Gasteiger partial charge on any atom is -0.352 e. The van der Waals surface area contributed by atoms with Crippen LogP contribution in [-0.2, 0) is 11.8 Å². The summed E-state index contributed by atoms with van der Waals surface area (Å²) in [5, 5.41) is 6.86. The van der Waals surface area contributed by atoms with Crippen molar-refractivity contribution in [2.45, 2.75) is 32.6 Å². The summed E-state index contributed by atoms with van der Waals surface area (Å²) < 4.78 is 7.21. The van der Waals surface area contributed by atoms with Crippen LogP contribution in [0.4, 0.5) is 0 Å². The number of amides is 1. The third-order valence-electron chi connectivity index (χ3n) is 3.75. The van der Waals surface area contributed by atoms with Crippen LogP contribution in [0.1, 0.15) is 42.8 Å². The van der Waals surface area contributed by atoms with Gasteiger partial charge in [-0.3, -0.25) is 4.79 Å². The maximum absolute atomic E-state index is 12.3. The molecule has 1 N–H and O–H groups in total. The average Bonchev–Trinajstić information content (AvgIpc) is 3.26. The summed E-state index contributed by atoms with van der Waals surface area (Å²) in [4.78, 5) is 16.7. The van der Waals surface area contributed by atoms with Gasteiger partial charge in [0.25, 0.3) is 5.91 Å². The fourth-order valence-corrected chi connectivity index (χ4v) is 2.36. The lowest BCUT2D eigenvalue weighted by atomic mass is 9.97. The van der Waals surface area contributed by atoms with Gasteiger partial charge in [0.1, 0.15) is 0 Å². The van der Waals surface area contributed by atoms with Gasteiger partial charge in [-0.25, -0.2) is 0 Å². The first-order valence-electron chi connectivity index (χ1n) is 8.28. The predicted octanol–water partition coefficient (Wildman–Crippen LogP) is 3.13. The highest BCUT2D eigenvalue weighted by Crippen LogP contribution is 2.19. The van der Waals surface area contributed by atoms with E-state index in [2.05, 4.69) is 15.5 Å². The zero-order valence-corrected chi connectivity index (χ0v) is 14.7. The molecule has 0 aliphatic rings. The first kappa shape index (κ1) is 17.0. The first-order valence-corrected chi connectivity index (χ1v) is 8.28. The van der Waals surface area contributed by atoms with Crippen LogP contribution in [0, 0.1) is 0 Å². The summed E-state index contributed by atoms with van der Waals surface area (Å²) in [7, 11) is 0. The first-order chi connectivity index (χ1) is 11.9. The average molecular weight is 338 g/mol. The Hall–Kier alpha value is -2.89. The fraction of sp³-hybridized carbons (Fsp3) is 0.316. The predicted molar refractivity (Wildman–Crippen MR) is 94.8 cm³/mol. The van der Waals surface area contributed by atoms with E-state index in [-0.39, 0.29) is 11.3 Å². The molecule has 3 rings (SSSR count). The molecule has 0 saturated heterocycles. The Kier molecular flexibility index (Phi) is 4.70. The van der Waals surface area contributed by atoms with Crippen LogP contribution in [0.5, 0.6) is 0 Å². The molecular formula is C19H22N4O2. The second-order valence-corrected chi connectivity index (χ2v) is 6.91. The molecule has 6 nitrogen and oxygen atoms in total. The minimum atomic E-state index is -0.173. The van der Waals surface area contributed by atoms with E-state index in [4.69, 9.17) is 4.52 Å². The van der Waals surface area contributed by atoms with Crippen molar-refractivity contribution in [3.8, 4) is 5.69 Å². The van der Waals surface area contributed by atoms with Crippen molar-refractivity contribution < 1.29 is 9.32 Å². The molecule has 0 unspecified atom stereocenters. The van der Waals surface area contributed by atoms with Crippen molar-refractivity contribution in [2.75, 3.05) is 6.54 Å². The maximum Gasteiger partial charge on any atom is 0.251 e. The quantitative estimate of drug-likeness (QED) is 0.776. The van der Waals surface area contributed by atoms with Gasteiger partial charge in [-0.05, 0) is 30.3 Å². The normalized spacial score (nSPS) is 11.5. The lowest BCUT2D eigenvalue weighted by Crippen LogP contribution is -2.26. The van der Waals surface area contributed by atoms with E-state index in [1.54, 1.807) is 6.07 Å². The number of nitrogens with zero attached hydrogens (tertiary/aromatic N) is 3. The minimum absolute atomic E-state index is 0.117. The molecule has 0 bridgehead atoms. The molecule has 6 heteroatoms. The number of hydrogen-bond acceptors (Lipinski definition) is 4.